The number of benzene rings is 12. The minimum absolute atomic E-state index is 1.08. The molecule has 20 rings (SSSR count). The zero-order valence-electron chi connectivity index (χ0n) is 89.0. The molecule has 0 saturated carbocycles. The lowest BCUT2D eigenvalue weighted by molar-refractivity contribution is 1.09. The highest BCUT2D eigenvalue weighted by Gasteiger charge is 2.31. The summed E-state index contributed by atoms with van der Waals surface area (Å²) >= 11 is 0. The molecule has 0 N–H and O–H groups in total. The molecular formula is C126H188. The van der Waals surface area contributed by atoms with E-state index >= 15 is 0 Å². The predicted octanol–water partition coefficient (Wildman–Crippen LogP) is 42.2. The van der Waals surface area contributed by atoms with Gasteiger partial charge in [0.25, 0.3) is 0 Å². The third-order valence-corrected chi connectivity index (χ3v) is 19.0. The smallest absolute Gasteiger partial charge is 0.00104 e. The van der Waals surface area contributed by atoms with E-state index in [0.717, 1.165) is 51.4 Å². The number of hydrogen-bond donors (Lipinski definition) is 0. The first-order chi connectivity index (χ1) is 62.1. The van der Waals surface area contributed by atoms with Crippen molar-refractivity contribution in [3.8, 4) is 89.0 Å². The van der Waals surface area contributed by atoms with Gasteiger partial charge in [-0.05, 0) is 254 Å². The van der Waals surface area contributed by atoms with Crippen molar-refractivity contribution in [3.63, 3.8) is 0 Å². The van der Waals surface area contributed by atoms with Crippen molar-refractivity contribution in [2.24, 2.45) is 0 Å². The van der Waals surface area contributed by atoms with Gasteiger partial charge in [0.2, 0.25) is 0 Å². The Kier molecular flexibility index (Phi) is 75.0. The van der Waals surface area contributed by atoms with Gasteiger partial charge in [-0.1, -0.05) is 534 Å². The third-order valence-electron chi connectivity index (χ3n) is 19.0. The summed E-state index contributed by atoms with van der Waals surface area (Å²) in [5.41, 5.74) is 47.0. The van der Waals surface area contributed by atoms with Crippen LogP contribution in [0.15, 0.2) is 243 Å². The van der Waals surface area contributed by atoms with Gasteiger partial charge in [-0.15, -0.1) is 0 Å². The molecule has 0 saturated heterocycles. The van der Waals surface area contributed by atoms with Gasteiger partial charge in [0.05, 0.1) is 0 Å². The molecule has 0 fully saturated rings. The SMILES string of the molecule is CC.CC.CC.CC.CC.CC.CC.CC.CC.CC.CC.CC.CC.CC.CCC.CCC.CCC.CCC.CCC.CCC.c1ccc2c(c1)Cc1c-2ccc2c1Cc1ccccc1-2.c1ccc2c(c1)Cc1c-2ccc2c1Cc1ccccc1-2.c1ccc2c(c1)Cc1cc3c(cc1-2)Cc1ccccc1-3.c1ccc2c(c1)Cc1cc3c(cc1-2)Cc1ccccc1-3. The Hall–Kier alpha value is -9.36. The monoisotopic (exact) mass is 1700 g/mol. The number of fused-ring (bicyclic) bond motifs is 26. The van der Waals surface area contributed by atoms with Crippen LogP contribution in [0.2, 0.25) is 0 Å². The zero-order chi connectivity index (χ0) is 96.7. The van der Waals surface area contributed by atoms with Crippen LogP contribution in [-0.4, -0.2) is 0 Å². The van der Waals surface area contributed by atoms with Gasteiger partial charge in [0, 0.05) is 0 Å². The fraction of sp³-hybridized carbons (Fsp3) is 0.429. The second kappa shape index (κ2) is 76.8. The van der Waals surface area contributed by atoms with Crippen LogP contribution in [-0.2, 0) is 51.4 Å². The van der Waals surface area contributed by atoms with Gasteiger partial charge >= 0.3 is 0 Å². The Morgan fingerprint density at radius 1 is 0.119 bits per heavy atom. The molecule has 0 atom stereocenters. The Bertz CT molecular complexity index is 4070. The zero-order valence-corrected chi connectivity index (χ0v) is 89.0. The summed E-state index contributed by atoms with van der Waals surface area (Å²) in [6, 6.07) is 89.6. The fourth-order valence-corrected chi connectivity index (χ4v) is 15.2. The molecule has 0 unspecified atom stereocenters. The van der Waals surface area contributed by atoms with Crippen molar-refractivity contribution in [2.75, 3.05) is 0 Å². The highest BCUT2D eigenvalue weighted by Crippen LogP contribution is 2.50. The van der Waals surface area contributed by atoms with Crippen LogP contribution in [0.25, 0.3) is 89.0 Å². The molecule has 692 valence electrons. The molecule has 0 heterocycles. The van der Waals surface area contributed by atoms with Crippen molar-refractivity contribution >= 4 is 0 Å². The summed E-state index contributed by atoms with van der Waals surface area (Å²) in [6.45, 7) is 81.5. The lowest BCUT2D eigenvalue weighted by Gasteiger charge is -2.07. The van der Waals surface area contributed by atoms with E-state index in [0.29, 0.717) is 0 Å². The quantitative estimate of drug-likeness (QED) is 0.142. The Morgan fingerprint density at radius 3 is 0.349 bits per heavy atom. The van der Waals surface area contributed by atoms with Crippen LogP contribution in [0, 0.1) is 0 Å². The average Bonchev–Trinajstić information content (AvgIpc) is 1.47. The molecule has 0 aliphatic heterocycles. The number of hydrogen-bond acceptors (Lipinski definition) is 0. The van der Waals surface area contributed by atoms with Crippen molar-refractivity contribution < 1.29 is 0 Å². The second-order valence-corrected chi connectivity index (χ2v) is 27.5. The van der Waals surface area contributed by atoms with Gasteiger partial charge in [-0.3, -0.25) is 0 Å². The van der Waals surface area contributed by atoms with Crippen molar-refractivity contribution in [3.05, 3.63) is 332 Å². The Balaban J connectivity index is -0.000000681. The highest BCUT2D eigenvalue weighted by molar-refractivity contribution is 5.90. The lowest BCUT2D eigenvalue weighted by atomic mass is 9.96. The summed E-state index contributed by atoms with van der Waals surface area (Å²) in [5.74, 6) is 0. The first kappa shape index (κ1) is 123. The van der Waals surface area contributed by atoms with Crippen LogP contribution in [0.1, 0.15) is 404 Å². The van der Waals surface area contributed by atoms with E-state index in [1.807, 2.05) is 194 Å². The maximum atomic E-state index is 2.43. The van der Waals surface area contributed by atoms with Crippen LogP contribution >= 0.6 is 0 Å². The van der Waals surface area contributed by atoms with E-state index in [1.54, 1.807) is 22.3 Å². The van der Waals surface area contributed by atoms with Crippen LogP contribution in [0.4, 0.5) is 0 Å². The van der Waals surface area contributed by atoms with Crippen molar-refractivity contribution in [1.82, 2.24) is 0 Å². The normalized spacial score (nSPS) is 10.2. The van der Waals surface area contributed by atoms with E-state index in [9.17, 15) is 0 Å². The lowest BCUT2D eigenvalue weighted by Crippen LogP contribution is -1.90. The summed E-state index contributed by atoms with van der Waals surface area (Å²) in [6.07, 6.45) is 16.2. The largest absolute Gasteiger partial charge is 0.0683 e. The van der Waals surface area contributed by atoms with Crippen molar-refractivity contribution in [1.29, 1.82) is 0 Å². The molecule has 0 heteroatoms. The van der Waals surface area contributed by atoms with E-state index in [-0.39, 0.29) is 0 Å². The molecule has 8 aliphatic carbocycles. The predicted molar refractivity (Wildman–Crippen MR) is 586 cm³/mol. The van der Waals surface area contributed by atoms with Crippen LogP contribution < -0.4 is 0 Å². The summed E-state index contributed by atoms with van der Waals surface area (Å²) in [4.78, 5) is 0. The molecular weight excluding hydrogens is 1510 g/mol. The van der Waals surface area contributed by atoms with Crippen LogP contribution in [0.3, 0.4) is 0 Å². The molecule has 0 radical (unpaired) electrons. The van der Waals surface area contributed by atoms with Gasteiger partial charge < -0.3 is 0 Å². The summed E-state index contributed by atoms with van der Waals surface area (Å²) < 4.78 is 0. The fourth-order valence-electron chi connectivity index (χ4n) is 15.2. The molecule has 12 aromatic carbocycles. The summed E-state index contributed by atoms with van der Waals surface area (Å²) in [7, 11) is 0. The Morgan fingerprint density at radius 2 is 0.222 bits per heavy atom. The first-order valence-electron chi connectivity index (χ1n) is 51.4. The molecule has 0 nitrogen and oxygen atoms in total. The molecule has 12 aromatic rings. The van der Waals surface area contributed by atoms with E-state index < -0.39 is 0 Å². The molecule has 126 heavy (non-hydrogen) atoms. The molecule has 8 aliphatic rings. The van der Waals surface area contributed by atoms with E-state index in [2.05, 4.69) is 326 Å². The number of rotatable bonds is 0. The first-order valence-corrected chi connectivity index (χ1v) is 51.4. The van der Waals surface area contributed by atoms with Gasteiger partial charge in [-0.2, -0.15) is 0 Å². The molecule has 0 bridgehead atoms. The maximum absolute atomic E-state index is 2.43. The maximum Gasteiger partial charge on any atom is -0.00104 e. The molecule has 0 amide bonds. The van der Waals surface area contributed by atoms with Gasteiger partial charge in [-0.25, -0.2) is 0 Å². The standard InChI is InChI=1S/4C20H14.6C3H8.14C2H6/c2*1-3-7-17-13(5-1)9-15-11-20-16(12-19(15)17)10-14-6-2-4-8-18(14)20;2*1-3-7-15-13(5-1)11-19-17(15)9-10-18-16-8-4-2-6-14(16)12-20(18)19;6*1-3-2;14*1-2/h2*1-8,11-12H,9-10H2;2*1-10H,11-12H2;6*3H2,1-2H3;14*1-2H3. The van der Waals surface area contributed by atoms with Crippen molar-refractivity contribution in [2.45, 2.75) is 367 Å². The molecule has 0 spiro atoms. The van der Waals surface area contributed by atoms with Gasteiger partial charge in [0.15, 0.2) is 0 Å². The molecule has 0 aromatic heterocycles. The van der Waals surface area contributed by atoms with E-state index in [1.165, 1.54) is 194 Å². The Labute approximate surface area is 782 Å². The van der Waals surface area contributed by atoms with Gasteiger partial charge in [0.1, 0.15) is 0 Å². The third kappa shape index (κ3) is 34.0. The highest BCUT2D eigenvalue weighted by atomic mass is 14.3. The average molecular weight is 1700 g/mol. The van der Waals surface area contributed by atoms with Crippen LogP contribution in [0.5, 0.6) is 0 Å². The van der Waals surface area contributed by atoms with E-state index in [4.69, 9.17) is 0 Å². The second-order valence-electron chi connectivity index (χ2n) is 27.5. The topological polar surface area (TPSA) is 0 Å². The summed E-state index contributed by atoms with van der Waals surface area (Å²) in [5, 5.41) is 0. The minimum Gasteiger partial charge on any atom is -0.0683 e. The minimum atomic E-state index is 1.08.